The molecule has 0 radical (unpaired) electrons. The highest BCUT2D eigenvalue weighted by atomic mass is 32.1. The summed E-state index contributed by atoms with van der Waals surface area (Å²) in [6, 6.07) is 7.30. The number of methoxy groups -OCH3 is 1. The van der Waals surface area contributed by atoms with Gasteiger partial charge >= 0.3 is 5.97 Å². The average Bonchev–Trinajstić information content (AvgIpc) is 3.36. The summed E-state index contributed by atoms with van der Waals surface area (Å²) in [5.74, 6) is 1.43. The largest absolute Gasteiger partial charge is 0.493 e. The minimum absolute atomic E-state index is 0.0372. The van der Waals surface area contributed by atoms with Crippen LogP contribution in [0, 0.1) is 0 Å². The second kappa shape index (κ2) is 9.18. The van der Waals surface area contributed by atoms with E-state index in [4.69, 9.17) is 18.7 Å². The minimum atomic E-state index is -0.517. The molecule has 8 heteroatoms. The molecule has 7 nitrogen and oxygen atoms in total. The van der Waals surface area contributed by atoms with Crippen molar-refractivity contribution in [1.82, 2.24) is 10.1 Å². The van der Waals surface area contributed by atoms with Gasteiger partial charge in [0.1, 0.15) is 0 Å². The monoisotopic (exact) mass is 400 g/mol. The van der Waals surface area contributed by atoms with E-state index in [-0.39, 0.29) is 18.6 Å². The maximum absolute atomic E-state index is 11.9. The number of hydrogen-bond donors (Lipinski definition) is 0. The Balaban J connectivity index is 1.56. The number of aromatic nitrogens is 2. The van der Waals surface area contributed by atoms with Gasteiger partial charge in [0.2, 0.25) is 5.82 Å². The number of carbonyl (C=O) groups excluding carboxylic acids is 1. The number of thiophene rings is 1. The normalized spacial score (nSPS) is 11.1. The molecule has 0 atom stereocenters. The molecule has 2 aromatic heterocycles. The van der Waals surface area contributed by atoms with Crippen LogP contribution in [0.5, 0.6) is 11.5 Å². The fraction of sp³-hybridized carbons (Fsp3) is 0.250. The molecular formula is C20H20N2O5S. The summed E-state index contributed by atoms with van der Waals surface area (Å²) in [5.41, 5.74) is 1.65. The molecule has 0 aliphatic carbocycles. The first-order chi connectivity index (χ1) is 13.5. The highest BCUT2D eigenvalue weighted by molar-refractivity contribution is 7.08. The van der Waals surface area contributed by atoms with E-state index in [0.29, 0.717) is 17.3 Å². The van der Waals surface area contributed by atoms with Crippen LogP contribution in [0.2, 0.25) is 0 Å². The number of benzene rings is 1. The van der Waals surface area contributed by atoms with Gasteiger partial charge in [-0.1, -0.05) is 11.2 Å². The number of ether oxygens (including phenoxy) is 3. The SMILES string of the molecule is COc1cc(/C=C/C(=O)OCc2nc(-c3ccsc3)no2)ccc1OC(C)C. The Morgan fingerprint density at radius 3 is 2.86 bits per heavy atom. The lowest BCUT2D eigenvalue weighted by molar-refractivity contribution is -0.139. The Labute approximate surface area is 166 Å². The van der Waals surface area contributed by atoms with Crippen LogP contribution in [0.1, 0.15) is 25.3 Å². The molecule has 0 amide bonds. The lowest BCUT2D eigenvalue weighted by Crippen LogP contribution is -2.06. The Hall–Kier alpha value is -3.13. The predicted octanol–water partition coefficient (Wildman–Crippen LogP) is 4.35. The first-order valence-corrected chi connectivity index (χ1v) is 9.54. The van der Waals surface area contributed by atoms with Gasteiger partial charge in [-0.25, -0.2) is 4.79 Å². The third kappa shape index (κ3) is 5.20. The molecular weight excluding hydrogens is 380 g/mol. The highest BCUT2D eigenvalue weighted by Gasteiger charge is 2.11. The molecule has 0 aliphatic heterocycles. The van der Waals surface area contributed by atoms with Gasteiger partial charge in [-0.05, 0) is 49.1 Å². The van der Waals surface area contributed by atoms with Crippen molar-refractivity contribution in [2.45, 2.75) is 26.6 Å². The van der Waals surface area contributed by atoms with E-state index in [1.165, 1.54) is 17.4 Å². The summed E-state index contributed by atoms with van der Waals surface area (Å²) >= 11 is 1.54. The number of carbonyl (C=O) groups is 1. The molecule has 0 fully saturated rings. The third-order valence-electron chi connectivity index (χ3n) is 3.55. The van der Waals surface area contributed by atoms with E-state index in [2.05, 4.69) is 10.1 Å². The second-order valence-electron chi connectivity index (χ2n) is 6.04. The summed E-state index contributed by atoms with van der Waals surface area (Å²) in [7, 11) is 1.57. The van der Waals surface area contributed by atoms with Gasteiger partial charge in [-0.2, -0.15) is 16.3 Å². The fourth-order valence-electron chi connectivity index (χ4n) is 2.31. The van der Waals surface area contributed by atoms with E-state index in [1.54, 1.807) is 25.3 Å². The van der Waals surface area contributed by atoms with Crippen molar-refractivity contribution in [2.24, 2.45) is 0 Å². The van der Waals surface area contributed by atoms with Crippen LogP contribution in [0.4, 0.5) is 0 Å². The standard InChI is InChI=1S/C20H20N2O5S/c1-13(2)26-16-6-4-14(10-17(16)24-3)5-7-19(23)25-11-18-21-20(22-27-18)15-8-9-28-12-15/h4-10,12-13H,11H2,1-3H3/b7-5+. The van der Waals surface area contributed by atoms with Gasteiger partial charge in [0.05, 0.1) is 13.2 Å². The van der Waals surface area contributed by atoms with Gasteiger partial charge in [-0.15, -0.1) is 0 Å². The fourth-order valence-corrected chi connectivity index (χ4v) is 2.94. The first-order valence-electron chi connectivity index (χ1n) is 8.60. The quantitative estimate of drug-likeness (QED) is 0.410. The molecule has 3 aromatic rings. The number of esters is 1. The summed E-state index contributed by atoms with van der Waals surface area (Å²) in [6.07, 6.45) is 3.00. The van der Waals surface area contributed by atoms with E-state index < -0.39 is 5.97 Å². The van der Waals surface area contributed by atoms with Crippen molar-refractivity contribution in [3.05, 3.63) is 52.6 Å². The minimum Gasteiger partial charge on any atom is -0.493 e. The van der Waals surface area contributed by atoms with Crippen molar-refractivity contribution in [1.29, 1.82) is 0 Å². The van der Waals surface area contributed by atoms with Crippen molar-refractivity contribution in [3.63, 3.8) is 0 Å². The Bertz CT molecular complexity index is 947. The van der Waals surface area contributed by atoms with Gasteiger partial charge in [-0.3, -0.25) is 0 Å². The van der Waals surface area contributed by atoms with Crippen LogP contribution in [0.25, 0.3) is 17.5 Å². The molecule has 0 unspecified atom stereocenters. The number of hydrogen-bond acceptors (Lipinski definition) is 8. The lowest BCUT2D eigenvalue weighted by atomic mass is 10.2. The zero-order valence-electron chi connectivity index (χ0n) is 15.7. The van der Waals surface area contributed by atoms with E-state index in [0.717, 1.165) is 11.1 Å². The lowest BCUT2D eigenvalue weighted by Gasteiger charge is -2.13. The predicted molar refractivity (Wildman–Crippen MR) is 105 cm³/mol. The van der Waals surface area contributed by atoms with Crippen LogP contribution in [-0.2, 0) is 16.1 Å². The zero-order valence-corrected chi connectivity index (χ0v) is 16.6. The van der Waals surface area contributed by atoms with Gasteiger partial charge < -0.3 is 18.7 Å². The van der Waals surface area contributed by atoms with Crippen LogP contribution < -0.4 is 9.47 Å². The van der Waals surface area contributed by atoms with E-state index >= 15 is 0 Å². The molecule has 0 saturated carbocycles. The molecule has 146 valence electrons. The van der Waals surface area contributed by atoms with Crippen LogP contribution in [0.3, 0.4) is 0 Å². The molecule has 0 aliphatic rings. The first kappa shape index (κ1) is 19.6. The number of nitrogens with zero attached hydrogens (tertiary/aromatic N) is 2. The van der Waals surface area contributed by atoms with E-state index in [1.807, 2.05) is 36.7 Å². The molecule has 0 spiro atoms. The van der Waals surface area contributed by atoms with Crippen molar-refractivity contribution < 1.29 is 23.5 Å². The van der Waals surface area contributed by atoms with E-state index in [9.17, 15) is 4.79 Å². The molecule has 0 saturated heterocycles. The molecule has 0 N–H and O–H groups in total. The molecule has 3 rings (SSSR count). The molecule has 1 aromatic carbocycles. The Kier molecular flexibility index (Phi) is 6.44. The van der Waals surface area contributed by atoms with Crippen molar-refractivity contribution in [3.8, 4) is 22.9 Å². The number of rotatable bonds is 8. The average molecular weight is 400 g/mol. The Morgan fingerprint density at radius 2 is 2.14 bits per heavy atom. The maximum Gasteiger partial charge on any atom is 0.331 e. The summed E-state index contributed by atoms with van der Waals surface area (Å²) in [4.78, 5) is 16.1. The third-order valence-corrected chi connectivity index (χ3v) is 4.23. The van der Waals surface area contributed by atoms with Crippen LogP contribution in [-0.4, -0.2) is 29.3 Å². The summed E-state index contributed by atoms with van der Waals surface area (Å²) < 4.78 is 21.2. The molecule has 0 bridgehead atoms. The zero-order chi connectivity index (χ0) is 19.9. The molecule has 2 heterocycles. The van der Waals surface area contributed by atoms with Crippen LogP contribution >= 0.6 is 11.3 Å². The Morgan fingerprint density at radius 1 is 1.29 bits per heavy atom. The van der Waals surface area contributed by atoms with Crippen molar-refractivity contribution in [2.75, 3.05) is 7.11 Å². The van der Waals surface area contributed by atoms with Crippen LogP contribution in [0.15, 0.2) is 45.6 Å². The smallest absolute Gasteiger partial charge is 0.331 e. The highest BCUT2D eigenvalue weighted by Crippen LogP contribution is 2.29. The second-order valence-corrected chi connectivity index (χ2v) is 6.82. The summed E-state index contributed by atoms with van der Waals surface area (Å²) in [6.45, 7) is 3.79. The van der Waals surface area contributed by atoms with Gasteiger partial charge in [0.15, 0.2) is 18.1 Å². The van der Waals surface area contributed by atoms with Crippen molar-refractivity contribution >= 4 is 23.4 Å². The molecule has 28 heavy (non-hydrogen) atoms. The summed E-state index contributed by atoms with van der Waals surface area (Å²) in [5, 5.41) is 7.70. The van der Waals surface area contributed by atoms with Gasteiger partial charge in [0, 0.05) is 17.0 Å². The topological polar surface area (TPSA) is 83.7 Å². The maximum atomic E-state index is 11.9. The van der Waals surface area contributed by atoms with Gasteiger partial charge in [0.25, 0.3) is 5.89 Å².